The molecule has 1 aliphatic rings. The monoisotopic (exact) mass is 317 g/mol. The van der Waals surface area contributed by atoms with Gasteiger partial charge in [-0.2, -0.15) is 0 Å². The zero-order valence-corrected chi connectivity index (χ0v) is 12.5. The van der Waals surface area contributed by atoms with E-state index in [1.54, 1.807) is 11.9 Å². The Balaban J connectivity index is 2.00. The van der Waals surface area contributed by atoms with Crippen molar-refractivity contribution in [3.63, 3.8) is 0 Å². The van der Waals surface area contributed by atoms with Crippen molar-refractivity contribution in [1.82, 2.24) is 25.3 Å². The van der Waals surface area contributed by atoms with Gasteiger partial charge < -0.3 is 16.0 Å². The Morgan fingerprint density at radius 3 is 2.78 bits per heavy atom. The predicted octanol–water partition coefficient (Wildman–Crippen LogP) is -0.221. The van der Waals surface area contributed by atoms with Crippen molar-refractivity contribution >= 4 is 11.7 Å². The Kier molecular flexibility index (Phi) is 4.11. The fourth-order valence-electron chi connectivity index (χ4n) is 2.54. The van der Waals surface area contributed by atoms with Gasteiger partial charge in [0, 0.05) is 18.9 Å². The number of nitrogens with one attached hydrogen (secondary N) is 1. The van der Waals surface area contributed by atoms with Gasteiger partial charge in [-0.15, -0.1) is 0 Å². The third-order valence-corrected chi connectivity index (χ3v) is 3.74. The number of hydrogen-bond donors (Lipinski definition) is 2. The lowest BCUT2D eigenvalue weighted by molar-refractivity contribution is 0.0996. The molecule has 2 atom stereocenters. The molecular formula is C14H16FN7O. The van der Waals surface area contributed by atoms with E-state index in [0.29, 0.717) is 18.1 Å². The van der Waals surface area contributed by atoms with E-state index in [1.807, 2.05) is 0 Å². The van der Waals surface area contributed by atoms with Crippen LogP contribution in [0.5, 0.6) is 0 Å². The molecule has 0 bridgehead atoms. The second kappa shape index (κ2) is 6.21. The third-order valence-electron chi connectivity index (χ3n) is 3.74. The number of anilines is 1. The number of halogens is 1. The van der Waals surface area contributed by atoms with Gasteiger partial charge in [0.25, 0.3) is 5.91 Å². The highest BCUT2D eigenvalue weighted by Gasteiger charge is 2.33. The molecule has 23 heavy (non-hydrogen) atoms. The minimum Gasteiger partial charge on any atom is -0.364 e. The van der Waals surface area contributed by atoms with E-state index >= 15 is 0 Å². The van der Waals surface area contributed by atoms with Crippen LogP contribution < -0.4 is 16.0 Å². The molecule has 1 fully saturated rings. The summed E-state index contributed by atoms with van der Waals surface area (Å²) in [5.74, 6) is -0.237. The molecule has 0 unspecified atom stereocenters. The Labute approximate surface area is 132 Å². The van der Waals surface area contributed by atoms with Crippen LogP contribution in [-0.4, -0.2) is 58.2 Å². The maximum Gasteiger partial charge on any atom is 0.269 e. The number of rotatable bonds is 4. The Bertz CT molecular complexity index is 712. The van der Waals surface area contributed by atoms with Crippen LogP contribution in [0.4, 0.5) is 10.2 Å². The molecule has 3 N–H and O–H groups in total. The number of aromatic nitrogens is 4. The van der Waals surface area contributed by atoms with Gasteiger partial charge in [0.1, 0.15) is 23.4 Å². The largest absolute Gasteiger partial charge is 0.364 e. The zero-order valence-electron chi connectivity index (χ0n) is 12.5. The van der Waals surface area contributed by atoms with Gasteiger partial charge in [-0.1, -0.05) is 0 Å². The van der Waals surface area contributed by atoms with Gasteiger partial charge in [-0.25, -0.2) is 14.4 Å². The lowest BCUT2D eigenvalue weighted by atomic mass is 10.2. The zero-order chi connectivity index (χ0) is 16.4. The van der Waals surface area contributed by atoms with Gasteiger partial charge in [0.2, 0.25) is 0 Å². The van der Waals surface area contributed by atoms with Crippen LogP contribution in [0.2, 0.25) is 0 Å². The molecule has 1 aliphatic heterocycles. The normalized spacial score (nSPS) is 20.7. The van der Waals surface area contributed by atoms with E-state index < -0.39 is 12.1 Å². The molecule has 2 aromatic rings. The topological polar surface area (TPSA) is 110 Å². The molecule has 3 rings (SSSR count). The number of nitrogens with two attached hydrogens (primary N) is 1. The molecule has 1 amide bonds. The maximum atomic E-state index is 13.9. The van der Waals surface area contributed by atoms with Crippen LogP contribution in [0.1, 0.15) is 10.5 Å². The summed E-state index contributed by atoms with van der Waals surface area (Å²) in [6, 6.07) is -0.271. The highest BCUT2D eigenvalue weighted by molar-refractivity contribution is 5.96. The van der Waals surface area contributed by atoms with E-state index in [4.69, 9.17) is 5.73 Å². The number of primary amides is 1. The number of carbonyl (C=O) groups is 1. The molecule has 2 aromatic heterocycles. The van der Waals surface area contributed by atoms with E-state index in [1.165, 1.54) is 24.8 Å². The SMILES string of the molecule is CN[C@H]1CN(c2cnc(C(N)=O)c(-c3cnccn3)n2)C[C@H]1F. The number of alkyl halides is 1. The van der Waals surface area contributed by atoms with Crippen molar-refractivity contribution in [2.45, 2.75) is 12.2 Å². The van der Waals surface area contributed by atoms with E-state index in [-0.39, 0.29) is 24.0 Å². The molecule has 0 spiro atoms. The quantitative estimate of drug-likeness (QED) is 0.802. The molecule has 0 radical (unpaired) electrons. The second-order valence-corrected chi connectivity index (χ2v) is 5.20. The number of carbonyl (C=O) groups excluding carboxylic acids is 1. The fraction of sp³-hybridized carbons (Fsp3) is 0.357. The molecule has 0 aromatic carbocycles. The average molecular weight is 317 g/mol. The first-order valence-corrected chi connectivity index (χ1v) is 7.09. The van der Waals surface area contributed by atoms with Crippen molar-refractivity contribution < 1.29 is 9.18 Å². The summed E-state index contributed by atoms with van der Waals surface area (Å²) in [7, 11) is 1.72. The molecule has 3 heterocycles. The Morgan fingerprint density at radius 1 is 1.35 bits per heavy atom. The molecule has 8 nitrogen and oxygen atoms in total. The molecule has 0 saturated carbocycles. The average Bonchev–Trinajstić information content (AvgIpc) is 2.96. The first kappa shape index (κ1) is 15.2. The molecule has 120 valence electrons. The van der Waals surface area contributed by atoms with Crippen LogP contribution in [0.15, 0.2) is 24.8 Å². The molecule has 1 saturated heterocycles. The van der Waals surface area contributed by atoms with Crippen molar-refractivity contribution in [1.29, 1.82) is 0 Å². The number of hydrogen-bond acceptors (Lipinski definition) is 7. The summed E-state index contributed by atoms with van der Waals surface area (Å²) in [6.45, 7) is 0.665. The highest BCUT2D eigenvalue weighted by Crippen LogP contribution is 2.24. The number of likely N-dealkylation sites (N-methyl/N-ethyl adjacent to an activating group) is 1. The minimum atomic E-state index is -1.00. The first-order chi connectivity index (χ1) is 11.1. The van der Waals surface area contributed by atoms with E-state index in [2.05, 4.69) is 25.3 Å². The number of nitrogens with zero attached hydrogens (tertiary/aromatic N) is 5. The van der Waals surface area contributed by atoms with Crippen molar-refractivity contribution in [2.24, 2.45) is 5.73 Å². The lowest BCUT2D eigenvalue weighted by Gasteiger charge is -2.17. The first-order valence-electron chi connectivity index (χ1n) is 7.09. The van der Waals surface area contributed by atoms with E-state index in [0.717, 1.165) is 0 Å². The fourth-order valence-corrected chi connectivity index (χ4v) is 2.54. The van der Waals surface area contributed by atoms with Gasteiger partial charge in [0.15, 0.2) is 5.69 Å². The van der Waals surface area contributed by atoms with Crippen LogP contribution in [0.25, 0.3) is 11.4 Å². The third kappa shape index (κ3) is 2.95. The number of amides is 1. The van der Waals surface area contributed by atoms with Crippen molar-refractivity contribution in [3.05, 3.63) is 30.5 Å². The Morgan fingerprint density at radius 2 is 2.17 bits per heavy atom. The van der Waals surface area contributed by atoms with Gasteiger partial charge in [-0.3, -0.25) is 14.8 Å². The summed E-state index contributed by atoms with van der Waals surface area (Å²) in [5.41, 5.74) is 5.99. The predicted molar refractivity (Wildman–Crippen MR) is 81.5 cm³/mol. The van der Waals surface area contributed by atoms with E-state index in [9.17, 15) is 9.18 Å². The summed E-state index contributed by atoms with van der Waals surface area (Å²) in [6.07, 6.45) is 4.89. The van der Waals surface area contributed by atoms with Gasteiger partial charge in [0.05, 0.1) is 25.0 Å². The van der Waals surface area contributed by atoms with Gasteiger partial charge >= 0.3 is 0 Å². The van der Waals surface area contributed by atoms with Crippen LogP contribution >= 0.6 is 0 Å². The standard InChI is InChI=1S/C14H16FN7O/c1-17-10-7-22(6-8(10)15)11-5-20-13(14(16)23)12(21-11)9-4-18-2-3-19-9/h2-5,8,10,17H,6-7H2,1H3,(H2,16,23)/t8-,10+/m1/s1. The second-order valence-electron chi connectivity index (χ2n) is 5.20. The molecular weight excluding hydrogens is 301 g/mol. The summed E-state index contributed by atoms with van der Waals surface area (Å²) in [5, 5.41) is 2.93. The van der Waals surface area contributed by atoms with Crippen LogP contribution in [0.3, 0.4) is 0 Å². The van der Waals surface area contributed by atoms with Crippen molar-refractivity contribution in [2.75, 3.05) is 25.0 Å². The lowest BCUT2D eigenvalue weighted by Crippen LogP contribution is -2.34. The smallest absolute Gasteiger partial charge is 0.269 e. The molecule has 0 aliphatic carbocycles. The summed E-state index contributed by atoms with van der Waals surface area (Å²) in [4.78, 5) is 29.9. The highest BCUT2D eigenvalue weighted by atomic mass is 19.1. The Hall–Kier alpha value is -2.68. The summed E-state index contributed by atoms with van der Waals surface area (Å²) >= 11 is 0. The maximum absolute atomic E-state index is 13.9. The van der Waals surface area contributed by atoms with Crippen LogP contribution in [0, 0.1) is 0 Å². The molecule has 9 heteroatoms. The summed E-state index contributed by atoms with van der Waals surface area (Å²) < 4.78 is 13.9. The minimum absolute atomic E-state index is 0.00964. The van der Waals surface area contributed by atoms with Crippen LogP contribution in [-0.2, 0) is 0 Å². The van der Waals surface area contributed by atoms with Crippen molar-refractivity contribution in [3.8, 4) is 11.4 Å². The van der Waals surface area contributed by atoms with Gasteiger partial charge in [-0.05, 0) is 7.05 Å².